The highest BCUT2D eigenvalue weighted by molar-refractivity contribution is 6.07. The number of carbonyl (C=O) groups excluding carboxylic acids is 1. The second-order valence-electron chi connectivity index (χ2n) is 6.96. The van der Waals surface area contributed by atoms with Crippen LogP contribution in [0.4, 0.5) is 18.9 Å². The Labute approximate surface area is 153 Å². The maximum atomic E-state index is 13.7. The van der Waals surface area contributed by atoms with Crippen LogP contribution in [0.2, 0.25) is 0 Å². The number of rotatable bonds is 3. The zero-order chi connectivity index (χ0) is 19.1. The van der Waals surface area contributed by atoms with Gasteiger partial charge >= 0.3 is 0 Å². The number of benzene rings is 2. The predicted molar refractivity (Wildman–Crippen MR) is 96.9 cm³/mol. The van der Waals surface area contributed by atoms with Crippen molar-refractivity contribution < 1.29 is 18.0 Å². The van der Waals surface area contributed by atoms with Crippen molar-refractivity contribution in [1.82, 2.24) is 10.4 Å². The highest BCUT2D eigenvalue weighted by Crippen LogP contribution is 2.33. The Hall–Kier alpha value is -2.96. The van der Waals surface area contributed by atoms with Gasteiger partial charge in [-0.05, 0) is 48.9 Å². The average molecular weight is 373 g/mol. The second-order valence-corrected chi connectivity index (χ2v) is 6.96. The molecule has 1 heterocycles. The van der Waals surface area contributed by atoms with Gasteiger partial charge in [-0.25, -0.2) is 13.2 Å². The van der Waals surface area contributed by atoms with Crippen molar-refractivity contribution in [2.75, 3.05) is 5.43 Å². The van der Waals surface area contributed by atoms with Crippen LogP contribution in [0.15, 0.2) is 30.3 Å². The Balaban J connectivity index is 1.61. The number of hydrogen-bond donors (Lipinski definition) is 3. The lowest BCUT2D eigenvalue weighted by atomic mass is 9.87. The van der Waals surface area contributed by atoms with Crippen molar-refractivity contribution in [1.29, 1.82) is 0 Å². The molecule has 4 nitrogen and oxygen atoms in total. The summed E-state index contributed by atoms with van der Waals surface area (Å²) in [5.74, 6) is -4.19. The van der Waals surface area contributed by atoms with E-state index in [1.165, 1.54) is 5.56 Å². The molecule has 1 aliphatic carbocycles. The summed E-state index contributed by atoms with van der Waals surface area (Å²) in [5, 5.41) is 1.00. The number of H-pyrrole nitrogens is 1. The Morgan fingerprint density at radius 3 is 2.78 bits per heavy atom. The summed E-state index contributed by atoms with van der Waals surface area (Å²) in [6.45, 7) is 2.21. The van der Waals surface area contributed by atoms with Crippen LogP contribution in [-0.2, 0) is 12.8 Å². The molecule has 1 aliphatic rings. The number of halogens is 3. The molecule has 0 aliphatic heterocycles. The minimum Gasteiger partial charge on any atom is -0.358 e. The molecule has 3 N–H and O–H groups in total. The highest BCUT2D eigenvalue weighted by atomic mass is 19.2. The minimum absolute atomic E-state index is 0.353. The Morgan fingerprint density at radius 2 is 1.96 bits per heavy atom. The van der Waals surface area contributed by atoms with Gasteiger partial charge in [-0.15, -0.1) is 0 Å². The third kappa shape index (κ3) is 3.03. The molecule has 0 saturated carbocycles. The molecule has 1 amide bonds. The number of carbonyl (C=O) groups is 1. The number of aromatic nitrogens is 1. The van der Waals surface area contributed by atoms with Gasteiger partial charge in [0.25, 0.3) is 5.91 Å². The molecule has 7 heteroatoms. The molecule has 0 saturated heterocycles. The van der Waals surface area contributed by atoms with Crippen LogP contribution in [0.3, 0.4) is 0 Å². The van der Waals surface area contributed by atoms with Gasteiger partial charge in [0.15, 0.2) is 17.5 Å². The van der Waals surface area contributed by atoms with Gasteiger partial charge in [0.2, 0.25) is 0 Å². The van der Waals surface area contributed by atoms with E-state index in [9.17, 15) is 18.0 Å². The smallest absolute Gasteiger partial charge is 0.271 e. The van der Waals surface area contributed by atoms with Gasteiger partial charge < -0.3 is 4.98 Å². The lowest BCUT2D eigenvalue weighted by molar-refractivity contribution is 0.0964. The summed E-state index contributed by atoms with van der Waals surface area (Å²) in [6.07, 6.45) is 2.99. The number of hydrazine groups is 1. The summed E-state index contributed by atoms with van der Waals surface area (Å²) in [7, 11) is 0. The third-order valence-corrected chi connectivity index (χ3v) is 5.06. The van der Waals surface area contributed by atoms with Crippen LogP contribution in [0.25, 0.3) is 10.9 Å². The summed E-state index contributed by atoms with van der Waals surface area (Å²) in [6, 6.07) is 7.23. The van der Waals surface area contributed by atoms with Crippen LogP contribution < -0.4 is 10.9 Å². The zero-order valence-corrected chi connectivity index (χ0v) is 14.6. The first-order valence-electron chi connectivity index (χ1n) is 8.78. The summed E-state index contributed by atoms with van der Waals surface area (Å²) in [4.78, 5) is 15.9. The number of hydrogen-bond acceptors (Lipinski definition) is 2. The molecule has 27 heavy (non-hydrogen) atoms. The van der Waals surface area contributed by atoms with E-state index >= 15 is 0 Å². The lowest BCUT2D eigenvalue weighted by Gasteiger charge is -2.17. The fourth-order valence-corrected chi connectivity index (χ4v) is 3.62. The topological polar surface area (TPSA) is 56.9 Å². The molecule has 0 fully saturated rings. The van der Waals surface area contributed by atoms with Crippen LogP contribution >= 0.6 is 0 Å². The maximum absolute atomic E-state index is 13.7. The van der Waals surface area contributed by atoms with Gasteiger partial charge in [-0.2, -0.15) is 0 Å². The van der Waals surface area contributed by atoms with E-state index in [4.69, 9.17) is 0 Å². The largest absolute Gasteiger partial charge is 0.358 e. The number of aryl methyl sites for hydroxylation is 1. The highest BCUT2D eigenvalue weighted by Gasteiger charge is 2.22. The molecule has 0 spiro atoms. The van der Waals surface area contributed by atoms with Crippen molar-refractivity contribution in [2.45, 2.75) is 26.2 Å². The summed E-state index contributed by atoms with van der Waals surface area (Å²) >= 11 is 0. The minimum atomic E-state index is -1.59. The number of fused-ring (bicyclic) bond motifs is 3. The van der Waals surface area contributed by atoms with E-state index in [0.29, 0.717) is 11.5 Å². The molecule has 1 unspecified atom stereocenters. The maximum Gasteiger partial charge on any atom is 0.271 e. The normalized spacial score (nSPS) is 16.2. The summed E-state index contributed by atoms with van der Waals surface area (Å²) < 4.78 is 40.0. The number of para-hydroxylation sites is 1. The molecule has 2 aromatic carbocycles. The van der Waals surface area contributed by atoms with E-state index in [1.54, 1.807) is 12.1 Å². The lowest BCUT2D eigenvalue weighted by Crippen LogP contribution is -2.30. The second kappa shape index (κ2) is 6.64. The van der Waals surface area contributed by atoms with Crippen molar-refractivity contribution >= 4 is 22.5 Å². The molecule has 3 aromatic rings. The molecular formula is C20H18F3N3O. The van der Waals surface area contributed by atoms with Gasteiger partial charge in [-0.3, -0.25) is 15.6 Å². The average Bonchev–Trinajstić information content (AvgIpc) is 3.03. The van der Waals surface area contributed by atoms with Gasteiger partial charge in [0.1, 0.15) is 0 Å². The number of anilines is 1. The number of amides is 1. The van der Waals surface area contributed by atoms with Gasteiger partial charge in [0.05, 0.1) is 16.8 Å². The van der Waals surface area contributed by atoms with Crippen molar-refractivity contribution in [3.63, 3.8) is 0 Å². The first kappa shape index (κ1) is 17.5. The number of aromatic amines is 1. The third-order valence-electron chi connectivity index (χ3n) is 5.06. The molecule has 0 radical (unpaired) electrons. The quantitative estimate of drug-likeness (QED) is 0.469. The van der Waals surface area contributed by atoms with E-state index in [2.05, 4.69) is 22.8 Å². The zero-order valence-electron chi connectivity index (χ0n) is 14.6. The fraction of sp³-hybridized carbons (Fsp3) is 0.250. The Bertz CT molecular complexity index is 1040. The number of nitrogens with one attached hydrogen (secondary N) is 3. The molecular weight excluding hydrogens is 355 g/mol. The van der Waals surface area contributed by atoms with E-state index in [0.717, 1.165) is 48.0 Å². The molecule has 4 rings (SSSR count). The summed E-state index contributed by atoms with van der Waals surface area (Å²) in [5.41, 5.74) is 7.80. The predicted octanol–water partition coefficient (Wildman–Crippen LogP) is 4.47. The molecule has 140 valence electrons. The van der Waals surface area contributed by atoms with Crippen LogP contribution in [0.1, 0.15) is 35.0 Å². The molecule has 1 aromatic heterocycles. The van der Waals surface area contributed by atoms with Crippen LogP contribution in [-0.4, -0.2) is 10.9 Å². The van der Waals surface area contributed by atoms with Crippen molar-refractivity contribution in [3.05, 3.63) is 64.6 Å². The first-order valence-corrected chi connectivity index (χ1v) is 8.78. The standard InChI is InChI=1S/C20H18F3N3O/c1-10-5-7-15-13(9-10)11-3-2-4-12(19(11)24-15)20(27)26-25-16-8-6-14(21)17(22)18(16)23/h2-4,6,8,10,24-25H,5,7,9H2,1H3,(H,26,27). The Kier molecular flexibility index (Phi) is 4.30. The first-order chi connectivity index (χ1) is 13.0. The fourth-order valence-electron chi connectivity index (χ4n) is 3.62. The molecule has 1 atom stereocenters. The van der Waals surface area contributed by atoms with E-state index in [-0.39, 0.29) is 5.69 Å². The van der Waals surface area contributed by atoms with E-state index < -0.39 is 23.4 Å². The van der Waals surface area contributed by atoms with E-state index in [1.807, 2.05) is 6.07 Å². The van der Waals surface area contributed by atoms with Gasteiger partial charge in [0, 0.05) is 11.1 Å². The van der Waals surface area contributed by atoms with Gasteiger partial charge in [-0.1, -0.05) is 19.1 Å². The molecule has 0 bridgehead atoms. The van der Waals surface area contributed by atoms with Crippen LogP contribution in [0.5, 0.6) is 0 Å². The van der Waals surface area contributed by atoms with Crippen molar-refractivity contribution in [2.24, 2.45) is 5.92 Å². The monoisotopic (exact) mass is 373 g/mol. The Morgan fingerprint density at radius 1 is 1.15 bits per heavy atom. The van der Waals surface area contributed by atoms with Crippen molar-refractivity contribution in [3.8, 4) is 0 Å². The SMILES string of the molecule is CC1CCc2[nH]c3c(C(=O)NNc4ccc(F)c(F)c4F)cccc3c2C1. The van der Waals surface area contributed by atoms with Crippen LogP contribution in [0, 0.1) is 23.4 Å².